The SMILES string of the molecule is CN(Cc1ccc(OC[C@H]2CCCN(C(=O)CC3CCCC3)C2)cc1)Cc1nccs1. The van der Waals surface area contributed by atoms with Crippen molar-refractivity contribution in [2.45, 2.75) is 58.0 Å². The molecule has 168 valence electrons. The monoisotopic (exact) mass is 441 g/mol. The molecule has 1 amide bonds. The van der Waals surface area contributed by atoms with Gasteiger partial charge in [0.1, 0.15) is 10.8 Å². The highest BCUT2D eigenvalue weighted by molar-refractivity contribution is 7.09. The zero-order chi connectivity index (χ0) is 21.5. The van der Waals surface area contributed by atoms with E-state index in [2.05, 4.69) is 46.1 Å². The Morgan fingerprint density at radius 2 is 1.90 bits per heavy atom. The van der Waals surface area contributed by atoms with Crippen molar-refractivity contribution in [3.05, 3.63) is 46.4 Å². The van der Waals surface area contributed by atoms with E-state index >= 15 is 0 Å². The molecule has 0 bridgehead atoms. The van der Waals surface area contributed by atoms with Gasteiger partial charge in [0.2, 0.25) is 5.91 Å². The molecular weight excluding hydrogens is 406 g/mol. The van der Waals surface area contributed by atoms with Crippen LogP contribution in [0.2, 0.25) is 0 Å². The summed E-state index contributed by atoms with van der Waals surface area (Å²) in [5.74, 6) is 2.34. The van der Waals surface area contributed by atoms with Crippen molar-refractivity contribution in [2.24, 2.45) is 11.8 Å². The summed E-state index contributed by atoms with van der Waals surface area (Å²) in [5.41, 5.74) is 1.27. The number of hydrogen-bond acceptors (Lipinski definition) is 5. The fourth-order valence-corrected chi connectivity index (χ4v) is 5.55. The molecule has 2 aromatic rings. The third-order valence-corrected chi connectivity index (χ3v) is 7.32. The summed E-state index contributed by atoms with van der Waals surface area (Å²) in [4.78, 5) is 21.4. The lowest BCUT2D eigenvalue weighted by molar-refractivity contribution is -0.134. The van der Waals surface area contributed by atoms with E-state index in [1.54, 1.807) is 11.3 Å². The number of piperidine rings is 1. The van der Waals surface area contributed by atoms with Crippen molar-refractivity contribution >= 4 is 17.2 Å². The Kier molecular flexibility index (Phi) is 7.97. The number of benzene rings is 1. The van der Waals surface area contributed by atoms with Crippen LogP contribution in [0, 0.1) is 11.8 Å². The van der Waals surface area contributed by atoms with Crippen molar-refractivity contribution in [1.82, 2.24) is 14.8 Å². The minimum absolute atomic E-state index is 0.364. The van der Waals surface area contributed by atoms with E-state index in [9.17, 15) is 4.79 Å². The Bertz CT molecular complexity index is 803. The van der Waals surface area contributed by atoms with E-state index in [0.717, 1.165) is 56.2 Å². The highest BCUT2D eigenvalue weighted by Gasteiger charge is 2.27. The number of carbonyl (C=O) groups is 1. The van der Waals surface area contributed by atoms with Gasteiger partial charge in [-0.25, -0.2) is 4.98 Å². The second kappa shape index (κ2) is 11.1. The van der Waals surface area contributed by atoms with Gasteiger partial charge in [-0.3, -0.25) is 9.69 Å². The molecule has 0 radical (unpaired) electrons. The first-order valence-electron chi connectivity index (χ1n) is 11.7. The van der Waals surface area contributed by atoms with Crippen LogP contribution in [-0.2, 0) is 17.9 Å². The number of carbonyl (C=O) groups excluding carboxylic acids is 1. The number of thiazole rings is 1. The third kappa shape index (κ3) is 6.78. The maximum atomic E-state index is 12.7. The first-order chi connectivity index (χ1) is 15.2. The van der Waals surface area contributed by atoms with Gasteiger partial charge in [-0.15, -0.1) is 11.3 Å². The molecule has 31 heavy (non-hydrogen) atoms. The van der Waals surface area contributed by atoms with Crippen LogP contribution in [-0.4, -0.2) is 47.4 Å². The quantitative estimate of drug-likeness (QED) is 0.551. The summed E-state index contributed by atoms with van der Waals surface area (Å²) >= 11 is 1.70. The number of amides is 1. The van der Waals surface area contributed by atoms with Crippen LogP contribution in [0.15, 0.2) is 35.8 Å². The summed E-state index contributed by atoms with van der Waals surface area (Å²) < 4.78 is 6.09. The summed E-state index contributed by atoms with van der Waals surface area (Å²) in [6.07, 6.45) is 9.93. The second-order valence-electron chi connectivity index (χ2n) is 9.26. The van der Waals surface area contributed by atoms with Gasteiger partial charge in [0.05, 0.1) is 13.2 Å². The molecule has 1 aliphatic heterocycles. The van der Waals surface area contributed by atoms with Gasteiger partial charge in [-0.2, -0.15) is 0 Å². The number of aromatic nitrogens is 1. The molecule has 1 saturated heterocycles. The van der Waals surface area contributed by atoms with Crippen molar-refractivity contribution in [1.29, 1.82) is 0 Å². The topological polar surface area (TPSA) is 45.7 Å². The molecule has 2 aliphatic rings. The Morgan fingerprint density at radius 1 is 1.13 bits per heavy atom. The van der Waals surface area contributed by atoms with Crippen LogP contribution in [0.25, 0.3) is 0 Å². The van der Waals surface area contributed by atoms with E-state index in [1.807, 2.05) is 11.6 Å². The standard InChI is InChI=1S/C25H35N3O2S/c1-27(18-24-26-12-14-31-24)16-21-8-10-23(11-9-21)30-19-22-7-4-13-28(17-22)25(29)15-20-5-2-3-6-20/h8-12,14,20,22H,2-7,13,15-19H2,1H3/t22-/m0/s1. The maximum Gasteiger partial charge on any atom is 0.222 e. The van der Waals surface area contributed by atoms with Gasteiger partial charge in [-0.1, -0.05) is 25.0 Å². The minimum atomic E-state index is 0.364. The van der Waals surface area contributed by atoms with E-state index in [0.29, 0.717) is 24.3 Å². The molecule has 1 aromatic heterocycles. The number of nitrogens with zero attached hydrogens (tertiary/aromatic N) is 3. The average molecular weight is 442 g/mol. The van der Waals surface area contributed by atoms with Crippen molar-refractivity contribution in [3.8, 4) is 5.75 Å². The zero-order valence-electron chi connectivity index (χ0n) is 18.7. The van der Waals surface area contributed by atoms with Gasteiger partial charge < -0.3 is 9.64 Å². The van der Waals surface area contributed by atoms with E-state index in [1.165, 1.54) is 31.2 Å². The summed E-state index contributed by atoms with van der Waals surface area (Å²) in [6.45, 7) is 4.22. The molecule has 1 aromatic carbocycles. The minimum Gasteiger partial charge on any atom is -0.493 e. The molecule has 6 heteroatoms. The molecule has 2 heterocycles. The molecule has 1 saturated carbocycles. The first-order valence-corrected chi connectivity index (χ1v) is 12.6. The van der Waals surface area contributed by atoms with Crippen LogP contribution in [0.3, 0.4) is 0 Å². The smallest absolute Gasteiger partial charge is 0.222 e. The first kappa shape index (κ1) is 22.3. The number of likely N-dealkylation sites (tertiary alicyclic amines) is 1. The van der Waals surface area contributed by atoms with E-state index in [4.69, 9.17) is 4.74 Å². The largest absolute Gasteiger partial charge is 0.493 e. The van der Waals surface area contributed by atoms with Crippen LogP contribution < -0.4 is 4.74 Å². The second-order valence-corrected chi connectivity index (χ2v) is 10.2. The van der Waals surface area contributed by atoms with Gasteiger partial charge in [0.25, 0.3) is 0 Å². The molecule has 2 fully saturated rings. The lowest BCUT2D eigenvalue weighted by atomic mass is 9.97. The summed E-state index contributed by atoms with van der Waals surface area (Å²) in [6, 6.07) is 8.43. The Hall–Kier alpha value is -1.92. The number of ether oxygens (including phenoxy) is 1. The highest BCUT2D eigenvalue weighted by Crippen LogP contribution is 2.29. The third-order valence-electron chi connectivity index (χ3n) is 6.56. The number of hydrogen-bond donors (Lipinski definition) is 0. The highest BCUT2D eigenvalue weighted by atomic mass is 32.1. The van der Waals surface area contributed by atoms with Gasteiger partial charge in [0, 0.05) is 43.5 Å². The molecule has 0 spiro atoms. The molecule has 0 N–H and O–H groups in total. The maximum absolute atomic E-state index is 12.7. The van der Waals surface area contributed by atoms with Gasteiger partial charge in [-0.05, 0) is 56.3 Å². The van der Waals surface area contributed by atoms with Crippen LogP contribution in [0.1, 0.15) is 55.5 Å². The predicted molar refractivity (Wildman–Crippen MR) is 125 cm³/mol. The van der Waals surface area contributed by atoms with Crippen molar-refractivity contribution in [3.63, 3.8) is 0 Å². The average Bonchev–Trinajstić information content (AvgIpc) is 3.48. The fourth-order valence-electron chi connectivity index (χ4n) is 4.85. The van der Waals surface area contributed by atoms with Crippen LogP contribution in [0.4, 0.5) is 0 Å². The normalized spacial score (nSPS) is 19.8. The lowest BCUT2D eigenvalue weighted by Gasteiger charge is -2.33. The van der Waals surface area contributed by atoms with Crippen LogP contribution in [0.5, 0.6) is 5.75 Å². The Labute approximate surface area is 190 Å². The molecule has 4 rings (SSSR count). The molecule has 5 nitrogen and oxygen atoms in total. The predicted octanol–water partition coefficient (Wildman–Crippen LogP) is 4.97. The molecule has 1 aliphatic carbocycles. The molecule has 0 unspecified atom stereocenters. The van der Waals surface area contributed by atoms with Crippen molar-refractivity contribution in [2.75, 3.05) is 26.7 Å². The summed E-state index contributed by atoms with van der Waals surface area (Å²) in [5, 5.41) is 3.16. The fraction of sp³-hybridized carbons (Fsp3) is 0.600. The summed E-state index contributed by atoms with van der Waals surface area (Å²) in [7, 11) is 2.12. The van der Waals surface area contributed by atoms with Crippen molar-refractivity contribution < 1.29 is 9.53 Å². The zero-order valence-corrected chi connectivity index (χ0v) is 19.5. The lowest BCUT2D eigenvalue weighted by Crippen LogP contribution is -2.42. The van der Waals surface area contributed by atoms with Crippen LogP contribution >= 0.6 is 11.3 Å². The van der Waals surface area contributed by atoms with E-state index < -0.39 is 0 Å². The van der Waals surface area contributed by atoms with Gasteiger partial charge >= 0.3 is 0 Å². The Morgan fingerprint density at radius 3 is 2.65 bits per heavy atom. The number of rotatable bonds is 9. The van der Waals surface area contributed by atoms with Gasteiger partial charge in [0.15, 0.2) is 0 Å². The molecular formula is C25H35N3O2S. The molecule has 1 atom stereocenters. The Balaban J connectivity index is 1.20. The van der Waals surface area contributed by atoms with E-state index in [-0.39, 0.29) is 0 Å².